The van der Waals surface area contributed by atoms with Crippen molar-refractivity contribution >= 4 is 16.6 Å². The van der Waals surface area contributed by atoms with E-state index in [1.165, 1.54) is 0 Å². The molecule has 1 heterocycles. The SMILES string of the molecule is Cc1cc(N)cc(Oc2ccc3cccnc3c2)c1. The Hall–Kier alpha value is -2.55. The number of fused-ring (bicyclic) bond motifs is 1. The van der Waals surface area contributed by atoms with Crippen LogP contribution in [-0.4, -0.2) is 4.98 Å². The van der Waals surface area contributed by atoms with Gasteiger partial charge in [0, 0.05) is 29.4 Å². The molecule has 0 aliphatic heterocycles. The number of rotatable bonds is 2. The number of hydrogen-bond donors (Lipinski definition) is 1. The first-order valence-electron chi connectivity index (χ1n) is 6.10. The Morgan fingerprint density at radius 2 is 1.89 bits per heavy atom. The number of nitrogens with zero attached hydrogens (tertiary/aromatic N) is 1. The minimum Gasteiger partial charge on any atom is -0.457 e. The summed E-state index contributed by atoms with van der Waals surface area (Å²) < 4.78 is 5.83. The van der Waals surface area contributed by atoms with E-state index >= 15 is 0 Å². The van der Waals surface area contributed by atoms with E-state index < -0.39 is 0 Å². The molecule has 0 aliphatic rings. The highest BCUT2D eigenvalue weighted by Gasteiger charge is 2.01. The van der Waals surface area contributed by atoms with Crippen LogP contribution in [0.5, 0.6) is 11.5 Å². The summed E-state index contributed by atoms with van der Waals surface area (Å²) in [5, 5.41) is 1.10. The molecule has 19 heavy (non-hydrogen) atoms. The zero-order valence-corrected chi connectivity index (χ0v) is 10.6. The van der Waals surface area contributed by atoms with E-state index in [1.807, 2.05) is 55.5 Å². The van der Waals surface area contributed by atoms with Gasteiger partial charge in [0.05, 0.1) is 5.52 Å². The van der Waals surface area contributed by atoms with Gasteiger partial charge >= 0.3 is 0 Å². The van der Waals surface area contributed by atoms with E-state index in [0.717, 1.165) is 28.0 Å². The summed E-state index contributed by atoms with van der Waals surface area (Å²) in [7, 11) is 0. The average Bonchev–Trinajstić information content (AvgIpc) is 2.37. The molecule has 2 aromatic carbocycles. The summed E-state index contributed by atoms with van der Waals surface area (Å²) >= 11 is 0. The van der Waals surface area contributed by atoms with Gasteiger partial charge in [-0.3, -0.25) is 4.98 Å². The Bertz CT molecular complexity index is 717. The van der Waals surface area contributed by atoms with Crippen molar-refractivity contribution in [1.82, 2.24) is 4.98 Å². The maximum absolute atomic E-state index is 5.83. The number of nitrogens with two attached hydrogens (primary N) is 1. The van der Waals surface area contributed by atoms with Gasteiger partial charge in [0.2, 0.25) is 0 Å². The third-order valence-electron chi connectivity index (χ3n) is 2.89. The van der Waals surface area contributed by atoms with Crippen molar-refractivity contribution in [3.8, 4) is 11.5 Å². The number of anilines is 1. The van der Waals surface area contributed by atoms with Gasteiger partial charge < -0.3 is 10.5 Å². The van der Waals surface area contributed by atoms with Gasteiger partial charge in [0.25, 0.3) is 0 Å². The Morgan fingerprint density at radius 1 is 1.00 bits per heavy atom. The summed E-state index contributed by atoms with van der Waals surface area (Å²) in [6.07, 6.45) is 1.77. The van der Waals surface area contributed by atoms with Crippen molar-refractivity contribution in [2.45, 2.75) is 6.92 Å². The highest BCUT2D eigenvalue weighted by atomic mass is 16.5. The van der Waals surface area contributed by atoms with E-state index in [1.54, 1.807) is 6.20 Å². The van der Waals surface area contributed by atoms with Crippen molar-refractivity contribution in [1.29, 1.82) is 0 Å². The lowest BCUT2D eigenvalue weighted by Crippen LogP contribution is -1.90. The van der Waals surface area contributed by atoms with Gasteiger partial charge in [-0.25, -0.2) is 0 Å². The fourth-order valence-corrected chi connectivity index (χ4v) is 2.08. The van der Waals surface area contributed by atoms with Crippen LogP contribution in [0.2, 0.25) is 0 Å². The van der Waals surface area contributed by atoms with Gasteiger partial charge in [-0.1, -0.05) is 6.07 Å². The van der Waals surface area contributed by atoms with Crippen LogP contribution in [0.1, 0.15) is 5.56 Å². The maximum Gasteiger partial charge on any atom is 0.129 e. The predicted molar refractivity (Wildman–Crippen MR) is 77.4 cm³/mol. The number of aromatic nitrogens is 1. The molecule has 2 N–H and O–H groups in total. The van der Waals surface area contributed by atoms with Gasteiger partial charge in [-0.15, -0.1) is 0 Å². The number of benzene rings is 2. The predicted octanol–water partition coefficient (Wildman–Crippen LogP) is 3.92. The molecule has 0 radical (unpaired) electrons. The number of pyridine rings is 1. The lowest BCUT2D eigenvalue weighted by Gasteiger charge is -2.08. The van der Waals surface area contributed by atoms with Gasteiger partial charge in [0.1, 0.15) is 11.5 Å². The molecule has 3 aromatic rings. The van der Waals surface area contributed by atoms with Crippen LogP contribution >= 0.6 is 0 Å². The molecular formula is C16H14N2O. The summed E-state index contributed by atoms with van der Waals surface area (Å²) in [6.45, 7) is 1.99. The third kappa shape index (κ3) is 2.50. The van der Waals surface area contributed by atoms with E-state index in [9.17, 15) is 0 Å². The fraction of sp³-hybridized carbons (Fsp3) is 0.0625. The highest BCUT2D eigenvalue weighted by Crippen LogP contribution is 2.26. The Kier molecular flexibility index (Phi) is 2.80. The van der Waals surface area contributed by atoms with Crippen LogP contribution in [0.25, 0.3) is 10.9 Å². The maximum atomic E-state index is 5.83. The number of ether oxygens (including phenoxy) is 1. The van der Waals surface area contributed by atoms with Crippen LogP contribution in [0.4, 0.5) is 5.69 Å². The zero-order chi connectivity index (χ0) is 13.2. The topological polar surface area (TPSA) is 48.1 Å². The van der Waals surface area contributed by atoms with Gasteiger partial charge in [0.15, 0.2) is 0 Å². The lowest BCUT2D eigenvalue weighted by molar-refractivity contribution is 0.483. The molecule has 0 bridgehead atoms. The molecule has 0 spiro atoms. The first-order valence-corrected chi connectivity index (χ1v) is 6.10. The van der Waals surface area contributed by atoms with E-state index in [4.69, 9.17) is 10.5 Å². The molecule has 3 heteroatoms. The minimum atomic E-state index is 0.703. The van der Waals surface area contributed by atoms with Crippen molar-refractivity contribution in [3.63, 3.8) is 0 Å². The van der Waals surface area contributed by atoms with Crippen LogP contribution < -0.4 is 10.5 Å². The second-order valence-electron chi connectivity index (χ2n) is 4.54. The smallest absolute Gasteiger partial charge is 0.129 e. The monoisotopic (exact) mass is 250 g/mol. The Morgan fingerprint density at radius 3 is 2.74 bits per heavy atom. The number of aryl methyl sites for hydroxylation is 1. The van der Waals surface area contributed by atoms with Crippen molar-refractivity contribution in [3.05, 3.63) is 60.3 Å². The standard InChI is InChI=1S/C16H14N2O/c1-11-7-13(17)9-15(8-11)19-14-5-4-12-3-2-6-18-16(12)10-14/h2-10H,17H2,1H3. The molecule has 0 saturated carbocycles. The first-order chi connectivity index (χ1) is 9.20. The molecule has 0 fully saturated rings. The van der Waals surface area contributed by atoms with Crippen LogP contribution in [0.3, 0.4) is 0 Å². The molecule has 3 nitrogen and oxygen atoms in total. The van der Waals surface area contributed by atoms with Crippen LogP contribution in [0, 0.1) is 6.92 Å². The first kappa shape index (κ1) is 11.5. The quantitative estimate of drug-likeness (QED) is 0.701. The second-order valence-corrected chi connectivity index (χ2v) is 4.54. The molecular weight excluding hydrogens is 236 g/mol. The molecule has 3 rings (SSSR count). The summed E-state index contributed by atoms with van der Waals surface area (Å²) in [5.41, 5.74) is 8.51. The molecule has 1 aromatic heterocycles. The van der Waals surface area contributed by atoms with Crippen LogP contribution in [0.15, 0.2) is 54.7 Å². The molecule has 0 aliphatic carbocycles. The van der Waals surface area contributed by atoms with Gasteiger partial charge in [-0.05, 0) is 42.8 Å². The molecule has 94 valence electrons. The summed E-state index contributed by atoms with van der Waals surface area (Å²) in [6, 6.07) is 15.5. The largest absolute Gasteiger partial charge is 0.457 e. The molecule has 0 saturated heterocycles. The van der Waals surface area contributed by atoms with Gasteiger partial charge in [-0.2, -0.15) is 0 Å². The van der Waals surface area contributed by atoms with E-state index in [2.05, 4.69) is 4.98 Å². The van der Waals surface area contributed by atoms with Crippen molar-refractivity contribution < 1.29 is 4.74 Å². The summed E-state index contributed by atoms with van der Waals surface area (Å²) in [4.78, 5) is 4.31. The van der Waals surface area contributed by atoms with Crippen molar-refractivity contribution in [2.24, 2.45) is 0 Å². The molecule has 0 unspecified atom stereocenters. The third-order valence-corrected chi connectivity index (χ3v) is 2.89. The number of hydrogen-bond acceptors (Lipinski definition) is 3. The van der Waals surface area contributed by atoms with E-state index in [0.29, 0.717) is 5.69 Å². The normalized spacial score (nSPS) is 10.6. The molecule has 0 amide bonds. The summed E-state index contributed by atoms with van der Waals surface area (Å²) in [5.74, 6) is 1.50. The minimum absolute atomic E-state index is 0.703. The average molecular weight is 250 g/mol. The Balaban J connectivity index is 1.96. The lowest BCUT2D eigenvalue weighted by atomic mass is 10.2. The molecule has 0 atom stereocenters. The highest BCUT2D eigenvalue weighted by molar-refractivity contribution is 5.79. The second kappa shape index (κ2) is 4.61. The fourth-order valence-electron chi connectivity index (χ4n) is 2.08. The van der Waals surface area contributed by atoms with Crippen LogP contribution in [-0.2, 0) is 0 Å². The van der Waals surface area contributed by atoms with E-state index in [-0.39, 0.29) is 0 Å². The number of nitrogen functional groups attached to an aromatic ring is 1. The zero-order valence-electron chi connectivity index (χ0n) is 10.6. The Labute approximate surface area is 111 Å². The van der Waals surface area contributed by atoms with Crippen molar-refractivity contribution in [2.75, 3.05) is 5.73 Å².